The van der Waals surface area contributed by atoms with E-state index in [2.05, 4.69) is 11.1 Å². The molecule has 4 rings (SSSR count). The predicted octanol–water partition coefficient (Wildman–Crippen LogP) is 4.82. The van der Waals surface area contributed by atoms with Crippen molar-refractivity contribution >= 4 is 32.3 Å². The second kappa shape index (κ2) is 4.32. The lowest BCUT2D eigenvalue weighted by molar-refractivity contribution is 0.478. The number of hydrogen-bond acceptors (Lipinski definition) is 3. The van der Waals surface area contributed by atoms with Crippen molar-refractivity contribution in [3.8, 4) is 16.3 Å². The van der Waals surface area contributed by atoms with Crippen LogP contribution >= 0.6 is 11.3 Å². The zero-order chi connectivity index (χ0) is 13.5. The summed E-state index contributed by atoms with van der Waals surface area (Å²) in [6.45, 7) is 0. The normalized spacial score (nSPS) is 11.2. The molecule has 0 aliphatic heterocycles. The van der Waals surface area contributed by atoms with E-state index in [4.69, 9.17) is 0 Å². The molecule has 3 aromatic carbocycles. The second-order valence-electron chi connectivity index (χ2n) is 4.70. The van der Waals surface area contributed by atoms with Crippen molar-refractivity contribution in [3.05, 3.63) is 60.7 Å². The van der Waals surface area contributed by atoms with Gasteiger partial charge in [0.05, 0.1) is 15.8 Å². The van der Waals surface area contributed by atoms with E-state index in [0.29, 0.717) is 0 Å². The third kappa shape index (κ3) is 1.75. The van der Waals surface area contributed by atoms with Crippen molar-refractivity contribution in [2.75, 3.05) is 0 Å². The molecule has 0 saturated carbocycles. The number of aromatic nitrogens is 1. The summed E-state index contributed by atoms with van der Waals surface area (Å²) in [5.41, 5.74) is 1.77. The van der Waals surface area contributed by atoms with Gasteiger partial charge in [-0.1, -0.05) is 36.4 Å². The molecule has 1 heterocycles. The summed E-state index contributed by atoms with van der Waals surface area (Å²) in [7, 11) is 0. The Balaban J connectivity index is 1.98. The molecule has 96 valence electrons. The zero-order valence-electron chi connectivity index (χ0n) is 10.6. The van der Waals surface area contributed by atoms with Gasteiger partial charge in [-0.2, -0.15) is 0 Å². The van der Waals surface area contributed by atoms with Crippen molar-refractivity contribution in [2.24, 2.45) is 0 Å². The van der Waals surface area contributed by atoms with Crippen LogP contribution in [0.4, 0.5) is 0 Å². The van der Waals surface area contributed by atoms with Crippen LogP contribution in [0.15, 0.2) is 60.7 Å². The molecule has 1 N–H and O–H groups in total. The fraction of sp³-hybridized carbons (Fsp3) is 0. The molecule has 0 unspecified atom stereocenters. The molecule has 0 amide bonds. The van der Waals surface area contributed by atoms with E-state index >= 15 is 0 Å². The highest BCUT2D eigenvalue weighted by Crippen LogP contribution is 2.37. The van der Waals surface area contributed by atoms with Crippen LogP contribution < -0.4 is 0 Å². The molecule has 3 heteroatoms. The molecule has 4 aromatic rings. The first kappa shape index (κ1) is 11.4. The van der Waals surface area contributed by atoms with Crippen LogP contribution in [-0.2, 0) is 0 Å². The quantitative estimate of drug-likeness (QED) is 0.541. The molecule has 0 aliphatic rings. The topological polar surface area (TPSA) is 33.1 Å². The summed E-state index contributed by atoms with van der Waals surface area (Å²) >= 11 is 1.60. The number of fused-ring (bicyclic) bond motifs is 2. The summed E-state index contributed by atoms with van der Waals surface area (Å²) in [5, 5.41) is 13.3. The molecule has 0 atom stereocenters. The van der Waals surface area contributed by atoms with Crippen molar-refractivity contribution in [2.45, 2.75) is 0 Å². The molecule has 0 bridgehead atoms. The molecular formula is C17H11NOS. The summed E-state index contributed by atoms with van der Waals surface area (Å²) in [4.78, 5) is 4.61. The molecule has 0 aliphatic carbocycles. The first-order valence-electron chi connectivity index (χ1n) is 6.39. The maximum Gasteiger partial charge on any atom is 0.128 e. The first-order chi connectivity index (χ1) is 9.81. The number of phenols is 1. The average molecular weight is 277 g/mol. The predicted molar refractivity (Wildman–Crippen MR) is 84.2 cm³/mol. The Morgan fingerprint density at radius 3 is 2.35 bits per heavy atom. The maximum atomic E-state index is 10.3. The molecule has 20 heavy (non-hydrogen) atoms. The molecule has 0 spiro atoms. The van der Waals surface area contributed by atoms with Crippen LogP contribution in [0, 0.1) is 0 Å². The molecule has 0 saturated heterocycles. The monoisotopic (exact) mass is 277 g/mol. The molecule has 0 fully saturated rings. The fourth-order valence-electron chi connectivity index (χ4n) is 2.39. The van der Waals surface area contributed by atoms with Gasteiger partial charge in [0.15, 0.2) is 0 Å². The van der Waals surface area contributed by atoms with Crippen LogP contribution in [0.5, 0.6) is 5.75 Å². The van der Waals surface area contributed by atoms with Crippen molar-refractivity contribution in [1.82, 2.24) is 4.98 Å². The van der Waals surface area contributed by atoms with Crippen molar-refractivity contribution in [3.63, 3.8) is 0 Å². The summed E-state index contributed by atoms with van der Waals surface area (Å²) in [6.07, 6.45) is 0. The Morgan fingerprint density at radius 1 is 0.850 bits per heavy atom. The van der Waals surface area contributed by atoms with Gasteiger partial charge in [0.2, 0.25) is 0 Å². The van der Waals surface area contributed by atoms with Crippen LogP contribution in [0.2, 0.25) is 0 Å². The van der Waals surface area contributed by atoms with Crippen LogP contribution in [0.3, 0.4) is 0 Å². The smallest absolute Gasteiger partial charge is 0.128 e. The van der Waals surface area contributed by atoms with E-state index < -0.39 is 0 Å². The minimum atomic E-state index is 0.280. The number of aromatic hydroxyl groups is 1. The van der Waals surface area contributed by atoms with E-state index in [1.807, 2.05) is 48.5 Å². The Bertz CT molecular complexity index is 893. The molecule has 1 aromatic heterocycles. The third-order valence-corrected chi connectivity index (χ3v) is 4.46. The lowest BCUT2D eigenvalue weighted by Gasteiger charge is -2.04. The SMILES string of the molecule is Oc1cc2ccccc2cc1-c1nc2ccccc2s1. The number of benzene rings is 3. The first-order valence-corrected chi connectivity index (χ1v) is 7.20. The fourth-order valence-corrected chi connectivity index (χ4v) is 3.38. The van der Waals surface area contributed by atoms with Crippen molar-refractivity contribution in [1.29, 1.82) is 0 Å². The molecule has 2 nitrogen and oxygen atoms in total. The van der Waals surface area contributed by atoms with E-state index in [-0.39, 0.29) is 5.75 Å². The Morgan fingerprint density at radius 2 is 1.55 bits per heavy atom. The number of nitrogens with zero attached hydrogens (tertiary/aromatic N) is 1. The second-order valence-corrected chi connectivity index (χ2v) is 5.73. The van der Waals surface area contributed by atoms with Gasteiger partial charge in [0, 0.05) is 0 Å². The average Bonchev–Trinajstić information content (AvgIpc) is 2.90. The number of phenolic OH excluding ortho intramolecular Hbond substituents is 1. The Labute approximate surface area is 120 Å². The van der Waals surface area contributed by atoms with Gasteiger partial charge in [0.1, 0.15) is 10.8 Å². The highest BCUT2D eigenvalue weighted by molar-refractivity contribution is 7.21. The summed E-state index contributed by atoms with van der Waals surface area (Å²) < 4.78 is 1.13. The number of rotatable bonds is 1. The van der Waals surface area contributed by atoms with Gasteiger partial charge in [0.25, 0.3) is 0 Å². The van der Waals surface area contributed by atoms with E-state index in [9.17, 15) is 5.11 Å². The standard InChI is InChI=1S/C17H11NOS/c19-15-10-12-6-2-1-5-11(12)9-13(15)17-18-14-7-3-4-8-16(14)20-17/h1-10,19H. The zero-order valence-corrected chi connectivity index (χ0v) is 11.4. The Kier molecular flexibility index (Phi) is 2.47. The van der Waals surface area contributed by atoms with E-state index in [1.54, 1.807) is 17.4 Å². The van der Waals surface area contributed by atoms with Gasteiger partial charge in [-0.25, -0.2) is 4.98 Å². The highest BCUT2D eigenvalue weighted by Gasteiger charge is 2.11. The summed E-state index contributed by atoms with van der Waals surface area (Å²) in [5.74, 6) is 0.280. The Hall–Kier alpha value is -2.39. The van der Waals surface area contributed by atoms with E-state index in [0.717, 1.165) is 31.6 Å². The lowest BCUT2D eigenvalue weighted by Crippen LogP contribution is -1.80. The minimum absolute atomic E-state index is 0.280. The third-order valence-electron chi connectivity index (χ3n) is 3.39. The largest absolute Gasteiger partial charge is 0.507 e. The number of thiazole rings is 1. The van der Waals surface area contributed by atoms with Crippen LogP contribution in [-0.4, -0.2) is 10.1 Å². The highest BCUT2D eigenvalue weighted by atomic mass is 32.1. The molecule has 0 radical (unpaired) electrons. The van der Waals surface area contributed by atoms with Gasteiger partial charge in [-0.15, -0.1) is 11.3 Å². The lowest BCUT2D eigenvalue weighted by atomic mass is 10.1. The van der Waals surface area contributed by atoms with Gasteiger partial charge in [-0.3, -0.25) is 0 Å². The van der Waals surface area contributed by atoms with Crippen LogP contribution in [0.25, 0.3) is 31.6 Å². The van der Waals surface area contributed by atoms with Crippen molar-refractivity contribution < 1.29 is 5.11 Å². The number of para-hydroxylation sites is 1. The van der Waals surface area contributed by atoms with E-state index in [1.165, 1.54) is 0 Å². The van der Waals surface area contributed by atoms with Gasteiger partial charge < -0.3 is 5.11 Å². The van der Waals surface area contributed by atoms with Crippen LogP contribution in [0.1, 0.15) is 0 Å². The molecular weight excluding hydrogens is 266 g/mol. The maximum absolute atomic E-state index is 10.3. The van der Waals surface area contributed by atoms with Gasteiger partial charge in [-0.05, 0) is 35.0 Å². The number of hydrogen-bond donors (Lipinski definition) is 1. The minimum Gasteiger partial charge on any atom is -0.507 e. The van der Waals surface area contributed by atoms with Gasteiger partial charge >= 0.3 is 0 Å². The summed E-state index contributed by atoms with van der Waals surface area (Å²) in [6, 6.07) is 19.8.